The summed E-state index contributed by atoms with van der Waals surface area (Å²) in [6, 6.07) is 17.1. The van der Waals surface area contributed by atoms with E-state index in [4.69, 9.17) is 0 Å². The van der Waals surface area contributed by atoms with Crippen LogP contribution in [0.1, 0.15) is 29.9 Å². The maximum absolute atomic E-state index is 4.42. The van der Waals surface area contributed by atoms with Crippen molar-refractivity contribution in [3.05, 3.63) is 72.1 Å². The van der Waals surface area contributed by atoms with Gasteiger partial charge in [0.2, 0.25) is 0 Å². The Bertz CT molecular complexity index is 861. The molecule has 4 aromatic rings. The zero-order valence-corrected chi connectivity index (χ0v) is 13.8. The summed E-state index contributed by atoms with van der Waals surface area (Å²) < 4.78 is 0. The summed E-state index contributed by atoms with van der Waals surface area (Å²) in [4.78, 5) is 6.85. The monoisotopic (exact) mass is 320 g/mol. The standard InChI is InChI=1S/C20H20N2S/c23-11-5-8-14(17-12-21-19-9-3-1-6-15(17)19)18-13-22-20-10-4-2-7-16(18)20/h1-4,6-7,9-10,12-14,21-23H,5,8,11H2. The van der Waals surface area contributed by atoms with E-state index < -0.39 is 0 Å². The zero-order chi connectivity index (χ0) is 15.6. The summed E-state index contributed by atoms with van der Waals surface area (Å²) in [6.45, 7) is 0. The van der Waals surface area contributed by atoms with Gasteiger partial charge in [0.05, 0.1) is 0 Å². The first-order chi connectivity index (χ1) is 11.4. The molecule has 0 aliphatic heterocycles. The Hall–Kier alpha value is -2.13. The molecule has 0 bridgehead atoms. The molecule has 0 fully saturated rings. The number of benzene rings is 2. The van der Waals surface area contributed by atoms with Crippen LogP contribution < -0.4 is 0 Å². The molecular weight excluding hydrogens is 300 g/mol. The number of H-pyrrole nitrogens is 2. The number of fused-ring (bicyclic) bond motifs is 2. The molecule has 0 radical (unpaired) electrons. The average molecular weight is 320 g/mol. The summed E-state index contributed by atoms with van der Waals surface area (Å²) in [5.41, 5.74) is 5.18. The maximum Gasteiger partial charge on any atom is 0.0457 e. The van der Waals surface area contributed by atoms with Crippen molar-refractivity contribution in [1.29, 1.82) is 0 Å². The second-order valence-electron chi connectivity index (χ2n) is 6.00. The minimum Gasteiger partial charge on any atom is -0.361 e. The highest BCUT2D eigenvalue weighted by molar-refractivity contribution is 7.80. The molecule has 0 atom stereocenters. The van der Waals surface area contributed by atoms with Gasteiger partial charge in [0, 0.05) is 40.1 Å². The summed E-state index contributed by atoms with van der Waals surface area (Å²) >= 11 is 4.42. The van der Waals surface area contributed by atoms with E-state index in [9.17, 15) is 0 Å². The molecular formula is C20H20N2S. The third kappa shape index (κ3) is 2.55. The fourth-order valence-corrected chi connectivity index (χ4v) is 3.72. The van der Waals surface area contributed by atoms with Crippen LogP contribution in [0.4, 0.5) is 0 Å². The lowest BCUT2D eigenvalue weighted by atomic mass is 9.87. The summed E-state index contributed by atoms with van der Waals surface area (Å²) in [5, 5.41) is 2.64. The third-order valence-electron chi connectivity index (χ3n) is 4.64. The average Bonchev–Trinajstić information content (AvgIpc) is 3.21. The van der Waals surface area contributed by atoms with Crippen molar-refractivity contribution in [2.45, 2.75) is 18.8 Å². The van der Waals surface area contributed by atoms with E-state index in [2.05, 4.69) is 83.5 Å². The Labute approximate surface area is 141 Å². The summed E-state index contributed by atoms with van der Waals surface area (Å²) in [5.74, 6) is 1.30. The van der Waals surface area contributed by atoms with Crippen LogP contribution in [-0.2, 0) is 0 Å². The highest BCUT2D eigenvalue weighted by Crippen LogP contribution is 2.37. The summed E-state index contributed by atoms with van der Waals surface area (Å²) in [6.07, 6.45) is 6.56. The maximum atomic E-state index is 4.42. The van der Waals surface area contributed by atoms with E-state index in [-0.39, 0.29) is 0 Å². The van der Waals surface area contributed by atoms with E-state index >= 15 is 0 Å². The van der Waals surface area contributed by atoms with Crippen molar-refractivity contribution in [3.8, 4) is 0 Å². The first-order valence-corrected chi connectivity index (χ1v) is 8.74. The second-order valence-corrected chi connectivity index (χ2v) is 6.44. The molecule has 0 spiro atoms. The van der Waals surface area contributed by atoms with Crippen LogP contribution >= 0.6 is 12.6 Å². The Kier molecular flexibility index (Phi) is 3.88. The van der Waals surface area contributed by atoms with Crippen molar-refractivity contribution in [2.75, 3.05) is 5.75 Å². The van der Waals surface area contributed by atoms with Crippen LogP contribution in [0.5, 0.6) is 0 Å². The molecule has 0 aliphatic carbocycles. The van der Waals surface area contributed by atoms with Gasteiger partial charge in [-0.25, -0.2) is 0 Å². The lowest BCUT2D eigenvalue weighted by Gasteiger charge is -2.16. The number of hydrogen-bond acceptors (Lipinski definition) is 1. The Morgan fingerprint density at radius 3 is 1.83 bits per heavy atom. The van der Waals surface area contributed by atoms with E-state index in [1.807, 2.05) is 0 Å². The van der Waals surface area contributed by atoms with Crippen LogP contribution in [-0.4, -0.2) is 15.7 Å². The largest absolute Gasteiger partial charge is 0.361 e. The van der Waals surface area contributed by atoms with Gasteiger partial charge in [-0.3, -0.25) is 0 Å². The molecule has 0 saturated carbocycles. The van der Waals surface area contributed by atoms with Gasteiger partial charge in [0.1, 0.15) is 0 Å². The predicted octanol–water partition coefficient (Wildman–Crippen LogP) is 5.49. The molecule has 4 rings (SSSR count). The number of rotatable bonds is 5. The van der Waals surface area contributed by atoms with Crippen molar-refractivity contribution < 1.29 is 0 Å². The summed E-state index contributed by atoms with van der Waals surface area (Å²) in [7, 11) is 0. The lowest BCUT2D eigenvalue weighted by Crippen LogP contribution is -2.00. The van der Waals surface area contributed by atoms with Gasteiger partial charge in [0.25, 0.3) is 0 Å². The van der Waals surface area contributed by atoms with Crippen LogP contribution in [0.25, 0.3) is 21.8 Å². The first-order valence-electron chi connectivity index (χ1n) is 8.11. The minimum absolute atomic E-state index is 0.384. The molecule has 3 heteroatoms. The number of hydrogen-bond donors (Lipinski definition) is 3. The van der Waals surface area contributed by atoms with Gasteiger partial charge in [-0.1, -0.05) is 36.4 Å². The molecule has 116 valence electrons. The van der Waals surface area contributed by atoms with Crippen molar-refractivity contribution in [1.82, 2.24) is 9.97 Å². The zero-order valence-electron chi connectivity index (χ0n) is 12.9. The molecule has 2 aromatic heterocycles. The molecule has 2 N–H and O–H groups in total. The molecule has 2 heterocycles. The lowest BCUT2D eigenvalue weighted by molar-refractivity contribution is 0.712. The quantitative estimate of drug-likeness (QED) is 0.406. The molecule has 2 aromatic carbocycles. The molecule has 2 nitrogen and oxygen atoms in total. The first kappa shape index (κ1) is 14.5. The van der Waals surface area contributed by atoms with Crippen molar-refractivity contribution in [2.24, 2.45) is 0 Å². The number of para-hydroxylation sites is 2. The smallest absolute Gasteiger partial charge is 0.0457 e. The number of aromatic amines is 2. The van der Waals surface area contributed by atoms with E-state index in [1.165, 1.54) is 32.9 Å². The Morgan fingerprint density at radius 1 is 0.783 bits per heavy atom. The van der Waals surface area contributed by atoms with Gasteiger partial charge in [-0.05, 0) is 41.9 Å². The number of aromatic nitrogens is 2. The van der Waals surface area contributed by atoms with E-state index in [0.717, 1.165) is 18.6 Å². The van der Waals surface area contributed by atoms with Crippen LogP contribution in [0, 0.1) is 0 Å². The minimum atomic E-state index is 0.384. The topological polar surface area (TPSA) is 31.6 Å². The molecule has 0 unspecified atom stereocenters. The van der Waals surface area contributed by atoms with Crippen LogP contribution in [0.15, 0.2) is 60.9 Å². The third-order valence-corrected chi connectivity index (χ3v) is 4.96. The second kappa shape index (κ2) is 6.17. The van der Waals surface area contributed by atoms with E-state index in [1.54, 1.807) is 0 Å². The van der Waals surface area contributed by atoms with Crippen molar-refractivity contribution >= 4 is 34.4 Å². The Morgan fingerprint density at radius 2 is 1.30 bits per heavy atom. The normalized spacial score (nSPS) is 11.7. The van der Waals surface area contributed by atoms with Crippen LogP contribution in [0.3, 0.4) is 0 Å². The van der Waals surface area contributed by atoms with Gasteiger partial charge in [-0.15, -0.1) is 0 Å². The van der Waals surface area contributed by atoms with Gasteiger partial charge < -0.3 is 9.97 Å². The molecule has 23 heavy (non-hydrogen) atoms. The van der Waals surface area contributed by atoms with Gasteiger partial charge in [0.15, 0.2) is 0 Å². The molecule has 0 amide bonds. The predicted molar refractivity (Wildman–Crippen MR) is 102 cm³/mol. The highest BCUT2D eigenvalue weighted by Gasteiger charge is 2.20. The molecule has 0 saturated heterocycles. The van der Waals surface area contributed by atoms with Gasteiger partial charge >= 0.3 is 0 Å². The number of thiol groups is 1. The Balaban J connectivity index is 1.87. The highest BCUT2D eigenvalue weighted by atomic mass is 32.1. The number of nitrogens with one attached hydrogen (secondary N) is 2. The fourth-order valence-electron chi connectivity index (χ4n) is 3.54. The SMILES string of the molecule is SCCCC(c1c[nH]c2ccccc12)c1c[nH]c2ccccc12. The van der Waals surface area contributed by atoms with Crippen molar-refractivity contribution in [3.63, 3.8) is 0 Å². The van der Waals surface area contributed by atoms with E-state index in [0.29, 0.717) is 5.92 Å². The fraction of sp³-hybridized carbons (Fsp3) is 0.200. The van der Waals surface area contributed by atoms with Crippen LogP contribution in [0.2, 0.25) is 0 Å². The van der Waals surface area contributed by atoms with Gasteiger partial charge in [-0.2, -0.15) is 12.6 Å². The molecule has 0 aliphatic rings.